The second-order valence-corrected chi connectivity index (χ2v) is 9.73. The number of amides is 1. The molecule has 152 valence electrons. The molecule has 2 aliphatic heterocycles. The number of nitrogens with one attached hydrogen (secondary N) is 2. The SMILES string of the molecule is CC1(C)Cc2cc(C(=O)O)ccc2NC1c1cccc(C2C(=O)NCC2(C)C)c1. The lowest BCUT2D eigenvalue weighted by atomic mass is 9.71. The van der Waals surface area contributed by atoms with Gasteiger partial charge < -0.3 is 15.7 Å². The summed E-state index contributed by atoms with van der Waals surface area (Å²) in [7, 11) is 0. The van der Waals surface area contributed by atoms with Crippen LogP contribution in [0.2, 0.25) is 0 Å². The number of hydrogen-bond acceptors (Lipinski definition) is 3. The molecule has 2 heterocycles. The summed E-state index contributed by atoms with van der Waals surface area (Å²) in [5.41, 5.74) is 4.28. The molecule has 29 heavy (non-hydrogen) atoms. The van der Waals surface area contributed by atoms with Crippen molar-refractivity contribution in [3.63, 3.8) is 0 Å². The number of carbonyl (C=O) groups is 2. The fourth-order valence-electron chi connectivity index (χ4n) is 4.89. The van der Waals surface area contributed by atoms with E-state index in [1.165, 1.54) is 0 Å². The Morgan fingerprint density at radius 1 is 1.03 bits per heavy atom. The van der Waals surface area contributed by atoms with Gasteiger partial charge in [-0.1, -0.05) is 52.0 Å². The van der Waals surface area contributed by atoms with Crippen LogP contribution in [0.5, 0.6) is 0 Å². The summed E-state index contributed by atoms with van der Waals surface area (Å²) in [6, 6.07) is 13.7. The molecule has 0 aliphatic carbocycles. The third-order valence-corrected chi connectivity index (χ3v) is 6.42. The zero-order valence-corrected chi connectivity index (χ0v) is 17.4. The lowest BCUT2D eigenvalue weighted by Crippen LogP contribution is -2.35. The number of rotatable bonds is 3. The van der Waals surface area contributed by atoms with Gasteiger partial charge in [-0.3, -0.25) is 4.79 Å². The van der Waals surface area contributed by atoms with Gasteiger partial charge in [0.2, 0.25) is 5.91 Å². The maximum atomic E-state index is 12.5. The minimum absolute atomic E-state index is 0.0678. The molecule has 0 saturated carbocycles. The topological polar surface area (TPSA) is 78.4 Å². The van der Waals surface area contributed by atoms with Crippen LogP contribution in [0.3, 0.4) is 0 Å². The van der Waals surface area contributed by atoms with Crippen LogP contribution in [0, 0.1) is 10.8 Å². The van der Waals surface area contributed by atoms with Crippen molar-refractivity contribution >= 4 is 17.6 Å². The molecular weight excluding hydrogens is 364 g/mol. The molecule has 1 fully saturated rings. The second-order valence-electron chi connectivity index (χ2n) is 9.73. The van der Waals surface area contributed by atoms with Gasteiger partial charge in [-0.2, -0.15) is 0 Å². The summed E-state index contributed by atoms with van der Waals surface area (Å²) in [6.07, 6.45) is 0.779. The molecule has 5 nitrogen and oxygen atoms in total. The number of carboxylic acids is 1. The van der Waals surface area contributed by atoms with Crippen LogP contribution < -0.4 is 10.6 Å². The van der Waals surface area contributed by atoms with E-state index in [1.54, 1.807) is 12.1 Å². The first-order valence-electron chi connectivity index (χ1n) is 10.1. The average molecular weight is 392 g/mol. The van der Waals surface area contributed by atoms with Crippen LogP contribution >= 0.6 is 0 Å². The third kappa shape index (κ3) is 3.39. The number of benzene rings is 2. The van der Waals surface area contributed by atoms with Gasteiger partial charge in [0, 0.05) is 12.2 Å². The summed E-state index contributed by atoms with van der Waals surface area (Å²) >= 11 is 0. The Labute approximate surface area is 171 Å². The highest BCUT2D eigenvalue weighted by Gasteiger charge is 2.43. The maximum absolute atomic E-state index is 12.5. The minimum atomic E-state index is -0.905. The van der Waals surface area contributed by atoms with Crippen LogP contribution in [0.4, 0.5) is 5.69 Å². The molecule has 2 aromatic rings. The van der Waals surface area contributed by atoms with Gasteiger partial charge in [-0.25, -0.2) is 4.79 Å². The highest BCUT2D eigenvalue weighted by atomic mass is 16.4. The summed E-state index contributed by atoms with van der Waals surface area (Å²) in [5.74, 6) is -0.966. The van der Waals surface area contributed by atoms with Crippen molar-refractivity contribution in [1.82, 2.24) is 5.32 Å². The molecule has 1 saturated heterocycles. The summed E-state index contributed by atoms with van der Waals surface area (Å²) in [6.45, 7) is 9.33. The van der Waals surface area contributed by atoms with E-state index in [4.69, 9.17) is 0 Å². The fourth-order valence-corrected chi connectivity index (χ4v) is 4.89. The fraction of sp³-hybridized carbons (Fsp3) is 0.417. The zero-order valence-electron chi connectivity index (χ0n) is 17.4. The van der Waals surface area contributed by atoms with Gasteiger partial charge in [0.05, 0.1) is 17.5 Å². The van der Waals surface area contributed by atoms with Gasteiger partial charge in [-0.05, 0) is 52.1 Å². The molecule has 0 radical (unpaired) electrons. The molecular formula is C24H28N2O3. The van der Waals surface area contributed by atoms with Crippen LogP contribution in [-0.4, -0.2) is 23.5 Å². The lowest BCUT2D eigenvalue weighted by molar-refractivity contribution is -0.121. The van der Waals surface area contributed by atoms with Crippen molar-refractivity contribution in [2.45, 2.75) is 46.1 Å². The van der Waals surface area contributed by atoms with Crippen molar-refractivity contribution < 1.29 is 14.7 Å². The van der Waals surface area contributed by atoms with E-state index in [-0.39, 0.29) is 28.7 Å². The van der Waals surface area contributed by atoms with E-state index in [0.717, 1.165) is 28.8 Å². The smallest absolute Gasteiger partial charge is 0.335 e. The lowest BCUT2D eigenvalue weighted by Gasteiger charge is -2.41. The number of hydrogen-bond donors (Lipinski definition) is 3. The summed E-state index contributed by atoms with van der Waals surface area (Å²) in [5, 5.41) is 15.9. The number of carbonyl (C=O) groups excluding carboxylic acids is 1. The van der Waals surface area contributed by atoms with Crippen LogP contribution in [0.25, 0.3) is 0 Å². The molecule has 2 unspecified atom stereocenters. The van der Waals surface area contributed by atoms with Crippen molar-refractivity contribution in [1.29, 1.82) is 0 Å². The Bertz CT molecular complexity index is 993. The van der Waals surface area contributed by atoms with Crippen molar-refractivity contribution in [2.75, 3.05) is 11.9 Å². The molecule has 2 aliphatic rings. The van der Waals surface area contributed by atoms with Gasteiger partial charge in [-0.15, -0.1) is 0 Å². The Kier molecular flexibility index (Phi) is 4.45. The second kappa shape index (κ2) is 6.61. The molecule has 0 bridgehead atoms. The number of aromatic carboxylic acids is 1. The van der Waals surface area contributed by atoms with Gasteiger partial charge in [0.1, 0.15) is 0 Å². The largest absolute Gasteiger partial charge is 0.478 e. The van der Waals surface area contributed by atoms with Crippen molar-refractivity contribution in [3.05, 3.63) is 64.7 Å². The predicted octanol–water partition coefficient (Wildman–Crippen LogP) is 4.36. The molecule has 1 amide bonds. The summed E-state index contributed by atoms with van der Waals surface area (Å²) in [4.78, 5) is 23.8. The Balaban J connectivity index is 1.70. The Morgan fingerprint density at radius 2 is 1.76 bits per heavy atom. The first-order valence-corrected chi connectivity index (χ1v) is 10.1. The number of carboxylic acid groups (broad SMARTS) is 1. The van der Waals surface area contributed by atoms with E-state index in [9.17, 15) is 14.7 Å². The first kappa shape index (κ1) is 19.5. The van der Waals surface area contributed by atoms with Gasteiger partial charge in [0.15, 0.2) is 0 Å². The van der Waals surface area contributed by atoms with E-state index in [2.05, 4.69) is 50.5 Å². The van der Waals surface area contributed by atoms with E-state index in [1.807, 2.05) is 18.2 Å². The zero-order chi connectivity index (χ0) is 21.0. The number of fused-ring (bicyclic) bond motifs is 1. The Morgan fingerprint density at radius 3 is 2.41 bits per heavy atom. The van der Waals surface area contributed by atoms with Gasteiger partial charge >= 0.3 is 5.97 Å². The quantitative estimate of drug-likeness (QED) is 0.725. The van der Waals surface area contributed by atoms with Gasteiger partial charge in [0.25, 0.3) is 0 Å². The Hall–Kier alpha value is -2.82. The number of anilines is 1. The van der Waals surface area contributed by atoms with E-state index >= 15 is 0 Å². The average Bonchev–Trinajstić information content (AvgIpc) is 2.92. The van der Waals surface area contributed by atoms with E-state index < -0.39 is 5.97 Å². The van der Waals surface area contributed by atoms with Crippen molar-refractivity contribution in [2.24, 2.45) is 10.8 Å². The molecule has 0 aromatic heterocycles. The molecule has 3 N–H and O–H groups in total. The summed E-state index contributed by atoms with van der Waals surface area (Å²) < 4.78 is 0. The van der Waals surface area contributed by atoms with Crippen LogP contribution in [0.15, 0.2) is 42.5 Å². The molecule has 2 aromatic carbocycles. The molecule has 0 spiro atoms. The highest BCUT2D eigenvalue weighted by Crippen LogP contribution is 2.46. The monoisotopic (exact) mass is 392 g/mol. The highest BCUT2D eigenvalue weighted by molar-refractivity contribution is 5.89. The third-order valence-electron chi connectivity index (χ3n) is 6.42. The molecule has 5 heteroatoms. The maximum Gasteiger partial charge on any atom is 0.335 e. The normalized spacial score (nSPS) is 24.3. The van der Waals surface area contributed by atoms with Crippen LogP contribution in [0.1, 0.15) is 66.7 Å². The first-order chi connectivity index (χ1) is 13.6. The molecule has 4 rings (SSSR count). The van der Waals surface area contributed by atoms with E-state index in [0.29, 0.717) is 12.1 Å². The molecule has 2 atom stereocenters. The predicted molar refractivity (Wildman–Crippen MR) is 113 cm³/mol. The van der Waals surface area contributed by atoms with Crippen molar-refractivity contribution in [3.8, 4) is 0 Å². The van der Waals surface area contributed by atoms with Crippen LogP contribution in [-0.2, 0) is 11.2 Å². The standard InChI is InChI=1S/C24H28N2O3/c1-23(2)12-17-11-16(22(28)29)8-9-18(17)26-20(23)15-7-5-6-14(10-15)19-21(27)25-13-24(19,3)4/h5-11,19-20,26H,12-13H2,1-4H3,(H,25,27)(H,28,29). The minimum Gasteiger partial charge on any atom is -0.478 e.